The van der Waals surface area contributed by atoms with Crippen LogP contribution in [-0.4, -0.2) is 27.8 Å². The Labute approximate surface area is 232 Å². The molecular formula is C28H25Br2F2N3O2. The second kappa shape index (κ2) is 11.6. The number of unbranched alkanes of at least 4 members (excludes halogenated alkanes) is 3. The standard InChI is InChI=1S/C28H25BrF2N3O2.BrH/c29-24-11-10-23-26-21(24)6-5-7-22(26)27(35)34(28(23)36)13-4-2-1-3-12-32-14-15-33(18-32)17-19-8-9-20(30)16-25(19)31;/h5-11,14-16,18H,1-4,12-13,17H2;1H/q+1;/p-1. The van der Waals surface area contributed by atoms with E-state index in [0.717, 1.165) is 53.5 Å². The molecule has 192 valence electrons. The van der Waals surface area contributed by atoms with Gasteiger partial charge >= 0.3 is 0 Å². The van der Waals surface area contributed by atoms with Crippen LogP contribution in [0.3, 0.4) is 0 Å². The van der Waals surface area contributed by atoms with Gasteiger partial charge < -0.3 is 17.0 Å². The normalized spacial score (nSPS) is 12.8. The van der Waals surface area contributed by atoms with E-state index in [4.69, 9.17) is 0 Å². The number of carbonyl (C=O) groups excluding carboxylic acids is 2. The Morgan fingerprint density at radius 2 is 1.59 bits per heavy atom. The molecule has 1 aromatic heterocycles. The van der Waals surface area contributed by atoms with Crippen molar-refractivity contribution in [2.45, 2.75) is 38.8 Å². The summed E-state index contributed by atoms with van der Waals surface area (Å²) in [6.45, 7) is 1.55. The minimum absolute atomic E-state index is 0. The van der Waals surface area contributed by atoms with E-state index < -0.39 is 11.6 Å². The highest BCUT2D eigenvalue weighted by Crippen LogP contribution is 2.34. The Morgan fingerprint density at radius 3 is 2.35 bits per heavy atom. The number of imidazole rings is 1. The van der Waals surface area contributed by atoms with Crippen molar-refractivity contribution in [1.29, 1.82) is 0 Å². The van der Waals surface area contributed by atoms with Crippen molar-refractivity contribution in [2.24, 2.45) is 0 Å². The number of aromatic nitrogens is 2. The van der Waals surface area contributed by atoms with Gasteiger partial charge in [0.2, 0.25) is 6.33 Å². The number of rotatable bonds is 9. The number of halogens is 4. The van der Waals surface area contributed by atoms with Crippen molar-refractivity contribution in [3.63, 3.8) is 0 Å². The first-order valence-electron chi connectivity index (χ1n) is 12.0. The van der Waals surface area contributed by atoms with Gasteiger partial charge in [-0.1, -0.05) is 34.5 Å². The first-order valence-corrected chi connectivity index (χ1v) is 12.8. The molecule has 5 rings (SSSR count). The molecule has 1 aliphatic heterocycles. The highest BCUT2D eigenvalue weighted by atomic mass is 79.9. The van der Waals surface area contributed by atoms with Gasteiger partial charge in [0.15, 0.2) is 0 Å². The number of hydrogen-bond acceptors (Lipinski definition) is 2. The van der Waals surface area contributed by atoms with E-state index in [2.05, 4.69) is 15.9 Å². The summed E-state index contributed by atoms with van der Waals surface area (Å²) in [5.41, 5.74) is 1.59. The molecule has 0 fully saturated rings. The first kappa shape index (κ1) is 27.1. The molecule has 37 heavy (non-hydrogen) atoms. The molecule has 0 saturated carbocycles. The lowest BCUT2D eigenvalue weighted by Gasteiger charge is -2.27. The lowest BCUT2D eigenvalue weighted by atomic mass is 9.94. The quantitative estimate of drug-likeness (QED) is 0.162. The lowest BCUT2D eigenvalue weighted by Crippen LogP contribution is -3.00. The van der Waals surface area contributed by atoms with Crippen LogP contribution in [0.5, 0.6) is 0 Å². The number of amides is 2. The van der Waals surface area contributed by atoms with Crippen LogP contribution in [0.1, 0.15) is 52.0 Å². The third-order valence-electron chi connectivity index (χ3n) is 6.60. The molecule has 9 heteroatoms. The average molecular weight is 633 g/mol. The van der Waals surface area contributed by atoms with E-state index in [1.54, 1.807) is 12.1 Å². The number of nitrogens with zero attached hydrogens (tertiary/aromatic N) is 3. The van der Waals surface area contributed by atoms with Gasteiger partial charge in [-0.3, -0.25) is 14.5 Å². The number of aryl methyl sites for hydroxylation is 1. The van der Waals surface area contributed by atoms with Crippen LogP contribution in [0.25, 0.3) is 10.8 Å². The third kappa shape index (κ3) is 5.67. The molecule has 0 aliphatic carbocycles. The number of imide groups is 1. The number of hydrogen-bond donors (Lipinski definition) is 0. The highest BCUT2D eigenvalue weighted by molar-refractivity contribution is 9.10. The van der Waals surface area contributed by atoms with Gasteiger partial charge in [0.05, 0.1) is 6.54 Å². The van der Waals surface area contributed by atoms with Crippen molar-refractivity contribution in [3.8, 4) is 0 Å². The largest absolute Gasteiger partial charge is 1.00 e. The molecule has 0 saturated heterocycles. The molecule has 0 bridgehead atoms. The fourth-order valence-electron chi connectivity index (χ4n) is 4.74. The van der Waals surface area contributed by atoms with Crippen molar-refractivity contribution < 1.29 is 39.9 Å². The highest BCUT2D eigenvalue weighted by Gasteiger charge is 2.32. The van der Waals surface area contributed by atoms with E-state index >= 15 is 0 Å². The smallest absolute Gasteiger partial charge is 0.261 e. The minimum Gasteiger partial charge on any atom is -1.00 e. The minimum atomic E-state index is -0.580. The van der Waals surface area contributed by atoms with Crippen LogP contribution < -0.4 is 21.5 Å². The summed E-state index contributed by atoms with van der Waals surface area (Å²) in [6, 6.07) is 12.8. The van der Waals surface area contributed by atoms with E-state index in [0.29, 0.717) is 29.8 Å². The summed E-state index contributed by atoms with van der Waals surface area (Å²) in [4.78, 5) is 27.5. The van der Waals surface area contributed by atoms with Crippen LogP contribution in [0.15, 0.2) is 71.7 Å². The zero-order valence-corrected chi connectivity index (χ0v) is 23.1. The molecule has 1 aliphatic rings. The maximum atomic E-state index is 13.9. The van der Waals surface area contributed by atoms with Crippen LogP contribution in [-0.2, 0) is 13.1 Å². The molecule has 4 aromatic rings. The molecular weight excluding hydrogens is 608 g/mol. The summed E-state index contributed by atoms with van der Waals surface area (Å²) < 4.78 is 31.7. The Kier molecular flexibility index (Phi) is 8.54. The summed E-state index contributed by atoms with van der Waals surface area (Å²) in [7, 11) is 0. The van der Waals surface area contributed by atoms with Gasteiger partial charge in [0, 0.05) is 39.2 Å². The van der Waals surface area contributed by atoms with Crippen LogP contribution in [0, 0.1) is 11.6 Å². The van der Waals surface area contributed by atoms with Gasteiger partial charge in [0.1, 0.15) is 30.6 Å². The van der Waals surface area contributed by atoms with Crippen LogP contribution in [0.4, 0.5) is 8.78 Å². The van der Waals surface area contributed by atoms with E-state index in [1.807, 2.05) is 46.1 Å². The van der Waals surface area contributed by atoms with Gasteiger partial charge in [-0.25, -0.2) is 17.9 Å². The SMILES string of the molecule is O=C1c2cccc3c(Br)ccc(c23)C(=O)N1CCCCCCn1cc[n+](Cc2ccc(F)cc2F)c1.[Br-]. The Balaban J connectivity index is 0.00000320. The number of carbonyl (C=O) groups is 2. The molecule has 0 atom stereocenters. The summed E-state index contributed by atoms with van der Waals surface area (Å²) >= 11 is 3.51. The van der Waals surface area contributed by atoms with E-state index in [9.17, 15) is 18.4 Å². The number of benzene rings is 3. The molecule has 0 spiro atoms. The maximum absolute atomic E-state index is 13.9. The van der Waals surface area contributed by atoms with Gasteiger partial charge in [0.25, 0.3) is 11.8 Å². The predicted octanol–water partition coefficient (Wildman–Crippen LogP) is 2.88. The van der Waals surface area contributed by atoms with Crippen LogP contribution >= 0.6 is 15.9 Å². The summed E-state index contributed by atoms with van der Waals surface area (Å²) in [6.07, 6.45) is 9.25. The maximum Gasteiger partial charge on any atom is 0.261 e. The van der Waals surface area contributed by atoms with Crippen LogP contribution in [0.2, 0.25) is 0 Å². The van der Waals surface area contributed by atoms with Gasteiger partial charge in [-0.2, -0.15) is 0 Å². The van der Waals surface area contributed by atoms with Gasteiger partial charge in [-0.15, -0.1) is 0 Å². The fourth-order valence-corrected chi connectivity index (χ4v) is 5.21. The average Bonchev–Trinajstić information content (AvgIpc) is 3.31. The van der Waals surface area contributed by atoms with Crippen molar-refractivity contribution in [3.05, 3.63) is 100 Å². The molecule has 0 N–H and O–H groups in total. The Bertz CT molecular complexity index is 1450. The second-order valence-electron chi connectivity index (χ2n) is 9.06. The zero-order valence-electron chi connectivity index (χ0n) is 20.0. The fraction of sp³-hybridized carbons (Fsp3) is 0.250. The Hall–Kier alpha value is -2.91. The molecule has 0 radical (unpaired) electrons. The van der Waals surface area contributed by atoms with Crippen molar-refractivity contribution in [1.82, 2.24) is 9.47 Å². The lowest BCUT2D eigenvalue weighted by molar-refractivity contribution is -0.688. The molecule has 5 nitrogen and oxygen atoms in total. The van der Waals surface area contributed by atoms with E-state index in [1.165, 1.54) is 17.0 Å². The second-order valence-corrected chi connectivity index (χ2v) is 9.91. The predicted molar refractivity (Wildman–Crippen MR) is 136 cm³/mol. The molecule has 0 unspecified atom stereocenters. The summed E-state index contributed by atoms with van der Waals surface area (Å²) in [5, 5.41) is 1.60. The molecule has 3 aromatic carbocycles. The zero-order chi connectivity index (χ0) is 25.2. The first-order chi connectivity index (χ1) is 17.4. The topological polar surface area (TPSA) is 46.2 Å². The van der Waals surface area contributed by atoms with Crippen molar-refractivity contribution in [2.75, 3.05) is 6.54 Å². The molecule has 2 amide bonds. The van der Waals surface area contributed by atoms with Crippen molar-refractivity contribution >= 4 is 38.5 Å². The Morgan fingerprint density at radius 1 is 0.865 bits per heavy atom. The monoisotopic (exact) mass is 631 g/mol. The third-order valence-corrected chi connectivity index (χ3v) is 7.29. The molecule has 2 heterocycles. The van der Waals surface area contributed by atoms with E-state index in [-0.39, 0.29) is 28.8 Å². The summed E-state index contributed by atoms with van der Waals surface area (Å²) in [5.74, 6) is -1.59. The van der Waals surface area contributed by atoms with Gasteiger partial charge in [-0.05, 0) is 55.0 Å².